The van der Waals surface area contributed by atoms with Gasteiger partial charge < -0.3 is 14.8 Å². The van der Waals surface area contributed by atoms with Crippen molar-refractivity contribution >= 4 is 23.2 Å². The Morgan fingerprint density at radius 3 is 2.52 bits per heavy atom. The second kappa shape index (κ2) is 9.08. The van der Waals surface area contributed by atoms with Crippen LogP contribution in [0.25, 0.3) is 0 Å². The van der Waals surface area contributed by atoms with Crippen LogP contribution < -0.4 is 14.8 Å². The second-order valence-electron chi connectivity index (χ2n) is 7.19. The van der Waals surface area contributed by atoms with E-state index in [-0.39, 0.29) is 6.04 Å². The number of hydrogen-bond donors (Lipinski definition) is 1. The quantitative estimate of drug-likeness (QED) is 0.522. The van der Waals surface area contributed by atoms with Crippen LogP contribution in [-0.2, 0) is 19.4 Å². The lowest BCUT2D eigenvalue weighted by Crippen LogP contribution is -2.31. The van der Waals surface area contributed by atoms with Gasteiger partial charge in [0.1, 0.15) is 6.61 Å². The Morgan fingerprint density at radius 1 is 0.931 bits per heavy atom. The molecule has 3 aromatic carbocycles. The first-order valence-electron chi connectivity index (χ1n) is 9.69. The third kappa shape index (κ3) is 4.69. The van der Waals surface area contributed by atoms with E-state index in [2.05, 4.69) is 29.6 Å². The van der Waals surface area contributed by atoms with E-state index in [1.54, 1.807) is 7.11 Å². The predicted octanol–water partition coefficient (Wildman–Crippen LogP) is 6.01. The second-order valence-corrected chi connectivity index (χ2v) is 8.00. The van der Waals surface area contributed by atoms with Crippen molar-refractivity contribution in [2.75, 3.05) is 13.7 Å². The summed E-state index contributed by atoms with van der Waals surface area (Å²) in [6.07, 6.45) is 1.79. The fourth-order valence-corrected chi connectivity index (χ4v) is 4.06. The van der Waals surface area contributed by atoms with E-state index in [1.807, 2.05) is 36.4 Å². The average Bonchev–Trinajstić information content (AvgIpc) is 2.75. The van der Waals surface area contributed by atoms with Gasteiger partial charge in [0.15, 0.2) is 11.5 Å². The van der Waals surface area contributed by atoms with Crippen LogP contribution in [0.1, 0.15) is 28.3 Å². The van der Waals surface area contributed by atoms with Gasteiger partial charge in [0.05, 0.1) is 17.2 Å². The molecule has 0 amide bonds. The number of ether oxygens (including phenoxy) is 2. The fourth-order valence-electron chi connectivity index (χ4n) is 3.74. The lowest BCUT2D eigenvalue weighted by molar-refractivity contribution is 0.283. The molecule has 0 spiro atoms. The first-order chi connectivity index (χ1) is 14.1. The maximum absolute atomic E-state index is 6.21. The summed E-state index contributed by atoms with van der Waals surface area (Å²) in [5, 5.41) is 4.79. The van der Waals surface area contributed by atoms with Gasteiger partial charge >= 0.3 is 0 Å². The van der Waals surface area contributed by atoms with Crippen LogP contribution in [0.5, 0.6) is 11.5 Å². The largest absolute Gasteiger partial charge is 0.493 e. The first kappa shape index (κ1) is 20.1. The maximum Gasteiger partial charge on any atom is 0.162 e. The zero-order valence-corrected chi connectivity index (χ0v) is 17.8. The molecule has 0 fully saturated rings. The van der Waals surface area contributed by atoms with Crippen molar-refractivity contribution in [3.8, 4) is 11.5 Å². The fraction of sp³-hybridized carbons (Fsp3) is 0.250. The van der Waals surface area contributed by atoms with Crippen LogP contribution in [0.15, 0.2) is 60.7 Å². The van der Waals surface area contributed by atoms with Crippen molar-refractivity contribution in [2.24, 2.45) is 0 Å². The van der Waals surface area contributed by atoms with Crippen LogP contribution in [0.4, 0.5) is 0 Å². The van der Waals surface area contributed by atoms with Gasteiger partial charge in [-0.3, -0.25) is 0 Å². The van der Waals surface area contributed by atoms with Crippen molar-refractivity contribution in [3.63, 3.8) is 0 Å². The van der Waals surface area contributed by atoms with Crippen molar-refractivity contribution in [1.82, 2.24) is 5.32 Å². The molecule has 150 valence electrons. The highest BCUT2D eigenvalue weighted by Gasteiger charge is 2.23. The summed E-state index contributed by atoms with van der Waals surface area (Å²) < 4.78 is 11.7. The van der Waals surface area contributed by atoms with Crippen LogP contribution in [0.2, 0.25) is 10.0 Å². The molecule has 4 rings (SSSR count). The van der Waals surface area contributed by atoms with E-state index in [0.29, 0.717) is 16.7 Å². The molecular formula is C24H23Cl2NO2. The summed E-state index contributed by atoms with van der Waals surface area (Å²) in [7, 11) is 1.69. The molecule has 3 nitrogen and oxygen atoms in total. The first-order valence-corrected chi connectivity index (χ1v) is 10.4. The minimum Gasteiger partial charge on any atom is -0.493 e. The summed E-state index contributed by atoms with van der Waals surface area (Å²) in [4.78, 5) is 0. The van der Waals surface area contributed by atoms with Gasteiger partial charge in [-0.25, -0.2) is 0 Å². The molecular weight excluding hydrogens is 405 g/mol. The summed E-state index contributed by atoms with van der Waals surface area (Å²) in [6, 6.07) is 20.4. The third-order valence-electron chi connectivity index (χ3n) is 5.25. The van der Waals surface area contributed by atoms with Crippen molar-refractivity contribution in [3.05, 3.63) is 93.0 Å². The Bertz CT molecular complexity index is 992. The summed E-state index contributed by atoms with van der Waals surface area (Å²) >= 11 is 12.3. The highest BCUT2D eigenvalue weighted by molar-refractivity contribution is 6.42. The van der Waals surface area contributed by atoms with Crippen molar-refractivity contribution in [2.45, 2.75) is 25.5 Å². The standard InChI is InChI=1S/C24H23Cl2NO2/c1-28-23-13-18-9-10-27-22(12-17-7-8-20(25)21(26)11-17)19(18)14-24(23)29-15-16-5-3-2-4-6-16/h2-8,11,13-14,22,27H,9-10,12,15H2,1H3/t22-/m0/s1. The molecule has 0 saturated heterocycles. The van der Waals surface area contributed by atoms with Gasteiger partial charge in [-0.05, 0) is 65.9 Å². The lowest BCUT2D eigenvalue weighted by Gasteiger charge is -2.28. The van der Waals surface area contributed by atoms with Gasteiger partial charge in [-0.15, -0.1) is 0 Å². The van der Waals surface area contributed by atoms with Gasteiger partial charge in [0, 0.05) is 6.04 Å². The molecule has 0 bridgehead atoms. The average molecular weight is 428 g/mol. The minimum absolute atomic E-state index is 0.181. The Kier molecular flexibility index (Phi) is 6.29. The van der Waals surface area contributed by atoms with Gasteiger partial charge in [0.2, 0.25) is 0 Å². The van der Waals surface area contributed by atoms with Crippen LogP contribution in [0, 0.1) is 0 Å². The van der Waals surface area contributed by atoms with Crippen LogP contribution >= 0.6 is 23.2 Å². The van der Waals surface area contributed by atoms with Crippen molar-refractivity contribution < 1.29 is 9.47 Å². The molecule has 1 heterocycles. The topological polar surface area (TPSA) is 30.5 Å². The molecule has 5 heteroatoms. The third-order valence-corrected chi connectivity index (χ3v) is 5.99. The number of hydrogen-bond acceptors (Lipinski definition) is 3. The Balaban J connectivity index is 1.60. The van der Waals surface area contributed by atoms with E-state index < -0.39 is 0 Å². The van der Waals surface area contributed by atoms with Crippen LogP contribution in [-0.4, -0.2) is 13.7 Å². The maximum atomic E-state index is 6.21. The number of benzene rings is 3. The van der Waals surface area contributed by atoms with Crippen molar-refractivity contribution in [1.29, 1.82) is 0 Å². The van der Waals surface area contributed by atoms with Crippen LogP contribution in [0.3, 0.4) is 0 Å². The Hall–Kier alpha value is -2.20. The summed E-state index contributed by atoms with van der Waals surface area (Å²) in [6.45, 7) is 1.42. The van der Waals surface area contributed by atoms with E-state index in [4.69, 9.17) is 32.7 Å². The molecule has 29 heavy (non-hydrogen) atoms. The zero-order chi connectivity index (χ0) is 20.2. The molecule has 0 aromatic heterocycles. The number of halogens is 2. The summed E-state index contributed by atoms with van der Waals surface area (Å²) in [5.41, 5.74) is 4.80. The molecule has 1 atom stereocenters. The lowest BCUT2D eigenvalue weighted by atomic mass is 9.90. The van der Waals surface area contributed by atoms with E-state index in [1.165, 1.54) is 11.1 Å². The molecule has 0 unspecified atom stereocenters. The molecule has 3 aromatic rings. The monoisotopic (exact) mass is 427 g/mol. The molecule has 1 aliphatic heterocycles. The number of rotatable bonds is 6. The van der Waals surface area contributed by atoms with E-state index in [0.717, 1.165) is 42.0 Å². The molecule has 1 N–H and O–H groups in total. The highest BCUT2D eigenvalue weighted by atomic mass is 35.5. The SMILES string of the molecule is COc1cc2c(cc1OCc1ccccc1)[C@H](Cc1ccc(Cl)c(Cl)c1)NCC2. The minimum atomic E-state index is 0.181. The predicted molar refractivity (Wildman–Crippen MR) is 118 cm³/mol. The summed E-state index contributed by atoms with van der Waals surface area (Å²) in [5.74, 6) is 1.54. The zero-order valence-electron chi connectivity index (χ0n) is 16.3. The number of fused-ring (bicyclic) bond motifs is 1. The molecule has 0 radical (unpaired) electrons. The number of methoxy groups -OCH3 is 1. The smallest absolute Gasteiger partial charge is 0.162 e. The van der Waals surface area contributed by atoms with E-state index in [9.17, 15) is 0 Å². The Labute approximate surface area is 181 Å². The molecule has 1 aliphatic rings. The molecule has 0 aliphatic carbocycles. The molecule has 0 saturated carbocycles. The number of nitrogens with one attached hydrogen (secondary N) is 1. The Morgan fingerprint density at radius 2 is 1.76 bits per heavy atom. The van der Waals surface area contributed by atoms with Gasteiger partial charge in [-0.1, -0.05) is 59.6 Å². The van der Waals surface area contributed by atoms with Gasteiger partial charge in [-0.2, -0.15) is 0 Å². The van der Waals surface area contributed by atoms with E-state index >= 15 is 0 Å². The normalized spacial score (nSPS) is 15.6. The van der Waals surface area contributed by atoms with Gasteiger partial charge in [0.25, 0.3) is 0 Å². The highest BCUT2D eigenvalue weighted by Crippen LogP contribution is 2.37.